The third kappa shape index (κ3) is 3.24. The van der Waals surface area contributed by atoms with Crippen LogP contribution in [0.3, 0.4) is 0 Å². The monoisotopic (exact) mass is 236 g/mol. The van der Waals surface area contributed by atoms with Gasteiger partial charge in [-0.15, -0.1) is 0 Å². The fourth-order valence-electron chi connectivity index (χ4n) is 1.99. The van der Waals surface area contributed by atoms with Crippen LogP contribution in [0.5, 0.6) is 0 Å². The van der Waals surface area contributed by atoms with Gasteiger partial charge in [-0.2, -0.15) is 0 Å². The molecule has 1 aromatic rings. The van der Waals surface area contributed by atoms with E-state index in [2.05, 4.69) is 16.4 Å². The largest absolute Gasteiger partial charge is 0.369 e. The summed E-state index contributed by atoms with van der Waals surface area (Å²) in [6.45, 7) is 0.919. The predicted octanol–water partition coefficient (Wildman–Crippen LogP) is 4.04. The molecule has 0 spiro atoms. The summed E-state index contributed by atoms with van der Waals surface area (Å²) in [7, 11) is 0. The number of rotatable bonds is 4. The Balaban J connectivity index is 1.80. The van der Waals surface area contributed by atoms with Gasteiger partial charge in [0.2, 0.25) is 0 Å². The van der Waals surface area contributed by atoms with E-state index in [1.165, 1.54) is 25.7 Å². The molecule has 1 heterocycles. The van der Waals surface area contributed by atoms with Crippen molar-refractivity contribution in [3.05, 3.63) is 35.0 Å². The van der Waals surface area contributed by atoms with E-state index < -0.39 is 0 Å². The summed E-state index contributed by atoms with van der Waals surface area (Å²) < 4.78 is 0. The Morgan fingerprint density at radius 3 is 3.06 bits per heavy atom. The van der Waals surface area contributed by atoms with Crippen LogP contribution >= 0.6 is 11.6 Å². The molecule has 0 unspecified atom stereocenters. The molecule has 1 N–H and O–H groups in total. The first kappa shape index (κ1) is 11.5. The van der Waals surface area contributed by atoms with Crippen LogP contribution in [-0.4, -0.2) is 11.5 Å². The smallest absolute Gasteiger partial charge is 0.144 e. The lowest BCUT2D eigenvalue weighted by Gasteiger charge is -2.13. The van der Waals surface area contributed by atoms with Gasteiger partial charge in [0, 0.05) is 12.7 Å². The topological polar surface area (TPSA) is 24.9 Å². The normalized spacial score (nSPS) is 15.7. The van der Waals surface area contributed by atoms with Crippen molar-refractivity contribution >= 4 is 17.4 Å². The van der Waals surface area contributed by atoms with Crippen LogP contribution < -0.4 is 5.32 Å². The number of allylic oxidation sites excluding steroid dienone is 1. The van der Waals surface area contributed by atoms with E-state index in [1.807, 2.05) is 12.1 Å². The van der Waals surface area contributed by atoms with Crippen molar-refractivity contribution in [1.29, 1.82) is 0 Å². The molecule has 0 amide bonds. The molecular formula is C13H17ClN2. The van der Waals surface area contributed by atoms with Gasteiger partial charge in [0.05, 0.1) is 5.02 Å². The number of nitrogens with one attached hydrogen (secondary N) is 1. The minimum atomic E-state index is 0.695. The summed E-state index contributed by atoms with van der Waals surface area (Å²) >= 11 is 6.01. The van der Waals surface area contributed by atoms with Gasteiger partial charge in [-0.3, -0.25) is 0 Å². The zero-order valence-corrected chi connectivity index (χ0v) is 10.1. The Kier molecular flexibility index (Phi) is 4.23. The van der Waals surface area contributed by atoms with Crippen LogP contribution in [0.15, 0.2) is 30.0 Å². The maximum Gasteiger partial charge on any atom is 0.144 e. The van der Waals surface area contributed by atoms with E-state index in [0.29, 0.717) is 5.02 Å². The molecule has 0 aromatic carbocycles. The van der Waals surface area contributed by atoms with Gasteiger partial charge in [0.15, 0.2) is 0 Å². The van der Waals surface area contributed by atoms with E-state index in [-0.39, 0.29) is 0 Å². The van der Waals surface area contributed by atoms with Crippen LogP contribution in [0.25, 0.3) is 0 Å². The average molecular weight is 237 g/mol. The van der Waals surface area contributed by atoms with Crippen LogP contribution in [-0.2, 0) is 0 Å². The second kappa shape index (κ2) is 5.90. The molecular weight excluding hydrogens is 220 g/mol. The van der Waals surface area contributed by atoms with Gasteiger partial charge in [0.25, 0.3) is 0 Å². The summed E-state index contributed by atoms with van der Waals surface area (Å²) in [4.78, 5) is 4.20. The van der Waals surface area contributed by atoms with Crippen molar-refractivity contribution in [3.63, 3.8) is 0 Å². The highest BCUT2D eigenvalue weighted by Gasteiger charge is 2.04. The predicted molar refractivity (Wildman–Crippen MR) is 68.9 cm³/mol. The third-order valence-corrected chi connectivity index (χ3v) is 3.19. The van der Waals surface area contributed by atoms with Gasteiger partial charge in [0.1, 0.15) is 5.82 Å². The van der Waals surface area contributed by atoms with Crippen LogP contribution in [0.4, 0.5) is 5.82 Å². The molecule has 2 rings (SSSR count). The van der Waals surface area contributed by atoms with Crippen LogP contribution in [0, 0.1) is 0 Å². The summed E-state index contributed by atoms with van der Waals surface area (Å²) in [5.74, 6) is 0.792. The summed E-state index contributed by atoms with van der Waals surface area (Å²) in [5.41, 5.74) is 1.57. The summed E-state index contributed by atoms with van der Waals surface area (Å²) in [6, 6.07) is 3.70. The standard InChI is InChI=1S/C13H17ClN2/c14-12-7-4-9-15-13(12)16-10-8-11-5-2-1-3-6-11/h4-5,7,9H,1-3,6,8,10H2,(H,15,16). The number of pyridine rings is 1. The van der Waals surface area contributed by atoms with Crippen molar-refractivity contribution in [2.45, 2.75) is 32.1 Å². The molecule has 0 atom stereocenters. The highest BCUT2D eigenvalue weighted by atomic mass is 35.5. The molecule has 1 aromatic heterocycles. The Bertz CT molecular complexity index is 374. The van der Waals surface area contributed by atoms with Gasteiger partial charge in [-0.25, -0.2) is 4.98 Å². The Hall–Kier alpha value is -1.02. The SMILES string of the molecule is Clc1cccnc1NCCC1=CCCCC1. The lowest BCUT2D eigenvalue weighted by Crippen LogP contribution is -2.05. The minimum absolute atomic E-state index is 0.695. The van der Waals surface area contributed by atoms with E-state index in [9.17, 15) is 0 Å². The van der Waals surface area contributed by atoms with Crippen molar-refractivity contribution in [1.82, 2.24) is 4.98 Å². The second-order valence-corrected chi connectivity index (χ2v) is 4.53. The summed E-state index contributed by atoms with van der Waals surface area (Å²) in [6.07, 6.45) is 10.4. The lowest BCUT2D eigenvalue weighted by atomic mass is 9.97. The zero-order chi connectivity index (χ0) is 11.2. The maximum atomic E-state index is 6.01. The molecule has 0 aliphatic heterocycles. The fraction of sp³-hybridized carbons (Fsp3) is 0.462. The van der Waals surface area contributed by atoms with Crippen molar-refractivity contribution in [3.8, 4) is 0 Å². The molecule has 0 bridgehead atoms. The van der Waals surface area contributed by atoms with Crippen molar-refractivity contribution in [2.24, 2.45) is 0 Å². The fourth-order valence-corrected chi connectivity index (χ4v) is 2.18. The molecule has 3 heteroatoms. The highest BCUT2D eigenvalue weighted by molar-refractivity contribution is 6.32. The number of hydrogen-bond donors (Lipinski definition) is 1. The first-order valence-electron chi connectivity index (χ1n) is 5.88. The number of anilines is 1. The summed E-state index contributed by atoms with van der Waals surface area (Å²) in [5, 5.41) is 3.97. The van der Waals surface area contributed by atoms with Gasteiger partial charge in [-0.1, -0.05) is 23.3 Å². The average Bonchev–Trinajstić information content (AvgIpc) is 2.33. The first-order chi connectivity index (χ1) is 7.86. The molecule has 0 saturated heterocycles. The van der Waals surface area contributed by atoms with Gasteiger partial charge in [-0.05, 0) is 44.2 Å². The molecule has 2 nitrogen and oxygen atoms in total. The lowest BCUT2D eigenvalue weighted by molar-refractivity contribution is 0.679. The van der Waals surface area contributed by atoms with E-state index >= 15 is 0 Å². The maximum absolute atomic E-state index is 6.01. The highest BCUT2D eigenvalue weighted by Crippen LogP contribution is 2.21. The van der Waals surface area contributed by atoms with E-state index in [4.69, 9.17) is 11.6 Å². The Labute approximate surface area is 102 Å². The Morgan fingerprint density at radius 2 is 2.31 bits per heavy atom. The van der Waals surface area contributed by atoms with Crippen LogP contribution in [0.1, 0.15) is 32.1 Å². The van der Waals surface area contributed by atoms with Crippen LogP contribution in [0.2, 0.25) is 5.02 Å². The molecule has 16 heavy (non-hydrogen) atoms. The number of nitrogens with zero attached hydrogens (tertiary/aromatic N) is 1. The molecule has 1 aliphatic carbocycles. The van der Waals surface area contributed by atoms with Crippen molar-refractivity contribution < 1.29 is 0 Å². The van der Waals surface area contributed by atoms with E-state index in [1.54, 1.807) is 11.8 Å². The number of hydrogen-bond acceptors (Lipinski definition) is 2. The zero-order valence-electron chi connectivity index (χ0n) is 9.38. The van der Waals surface area contributed by atoms with Gasteiger partial charge >= 0.3 is 0 Å². The van der Waals surface area contributed by atoms with E-state index in [0.717, 1.165) is 18.8 Å². The number of aromatic nitrogens is 1. The molecule has 0 fully saturated rings. The number of halogens is 1. The molecule has 1 aliphatic rings. The molecule has 86 valence electrons. The first-order valence-corrected chi connectivity index (χ1v) is 6.26. The third-order valence-electron chi connectivity index (χ3n) is 2.88. The second-order valence-electron chi connectivity index (χ2n) is 4.12. The van der Waals surface area contributed by atoms with Crippen molar-refractivity contribution in [2.75, 3.05) is 11.9 Å². The Morgan fingerprint density at radius 1 is 1.38 bits per heavy atom. The minimum Gasteiger partial charge on any atom is -0.369 e. The molecule has 0 saturated carbocycles. The quantitative estimate of drug-likeness (QED) is 0.799. The van der Waals surface area contributed by atoms with Gasteiger partial charge < -0.3 is 5.32 Å². The molecule has 0 radical (unpaired) electrons.